The normalized spacial score (nSPS) is 10.4. The van der Waals surface area contributed by atoms with Gasteiger partial charge >= 0.3 is 0 Å². The van der Waals surface area contributed by atoms with Crippen LogP contribution >= 0.6 is 0 Å². The Morgan fingerprint density at radius 1 is 0.960 bits per heavy atom. The zero-order valence-electron chi connectivity index (χ0n) is 14.5. The number of amides is 1. The Morgan fingerprint density at radius 2 is 1.64 bits per heavy atom. The highest BCUT2D eigenvalue weighted by Crippen LogP contribution is 2.37. The minimum Gasteiger partial charge on any atom is -0.497 e. The fourth-order valence-corrected chi connectivity index (χ4v) is 2.17. The molecule has 7 nitrogen and oxygen atoms in total. The number of nitrogens with one attached hydrogen (secondary N) is 1. The van der Waals surface area contributed by atoms with Crippen LogP contribution in [-0.4, -0.2) is 40.6 Å². The maximum absolute atomic E-state index is 12.1. The number of hydrazone groups is 1. The van der Waals surface area contributed by atoms with Crippen LogP contribution in [0.4, 0.5) is 0 Å². The molecule has 0 fully saturated rings. The second-order valence-corrected chi connectivity index (χ2v) is 4.89. The molecule has 0 bridgehead atoms. The highest BCUT2D eigenvalue weighted by atomic mass is 16.5. The van der Waals surface area contributed by atoms with Gasteiger partial charge in [-0.05, 0) is 30.3 Å². The molecular formula is C18H20N2O5. The summed E-state index contributed by atoms with van der Waals surface area (Å²) >= 11 is 0. The van der Waals surface area contributed by atoms with Crippen molar-refractivity contribution < 1.29 is 23.7 Å². The third-order valence-electron chi connectivity index (χ3n) is 3.40. The molecule has 1 amide bonds. The molecule has 25 heavy (non-hydrogen) atoms. The van der Waals surface area contributed by atoms with Crippen LogP contribution in [0.25, 0.3) is 0 Å². The van der Waals surface area contributed by atoms with Crippen molar-refractivity contribution in [3.8, 4) is 23.0 Å². The van der Waals surface area contributed by atoms with E-state index in [9.17, 15) is 4.79 Å². The molecule has 0 saturated heterocycles. The lowest BCUT2D eigenvalue weighted by molar-refractivity contribution is 0.0955. The van der Waals surface area contributed by atoms with Crippen LogP contribution < -0.4 is 24.4 Å². The van der Waals surface area contributed by atoms with Gasteiger partial charge in [-0.3, -0.25) is 4.79 Å². The summed E-state index contributed by atoms with van der Waals surface area (Å²) in [4.78, 5) is 12.1. The molecule has 132 valence electrons. The van der Waals surface area contributed by atoms with E-state index in [1.54, 1.807) is 43.5 Å². The summed E-state index contributed by atoms with van der Waals surface area (Å²) in [5, 5.41) is 3.96. The van der Waals surface area contributed by atoms with Crippen molar-refractivity contribution in [2.45, 2.75) is 0 Å². The molecule has 2 aromatic carbocycles. The Labute approximate surface area is 146 Å². The fraction of sp³-hybridized carbons (Fsp3) is 0.222. The summed E-state index contributed by atoms with van der Waals surface area (Å²) in [5.74, 6) is 1.75. The van der Waals surface area contributed by atoms with E-state index in [0.717, 1.165) is 0 Å². The zero-order valence-corrected chi connectivity index (χ0v) is 14.5. The SMILES string of the molecule is COc1cccc(C(=O)NN=Cc2cc(OC)c(OC)c(OC)c2)c1. The second kappa shape index (κ2) is 8.58. The van der Waals surface area contributed by atoms with Crippen LogP contribution in [0.15, 0.2) is 41.5 Å². The molecule has 0 aliphatic heterocycles. The number of hydrogen-bond donors (Lipinski definition) is 1. The third kappa shape index (κ3) is 4.41. The van der Waals surface area contributed by atoms with Crippen molar-refractivity contribution in [2.24, 2.45) is 5.10 Å². The van der Waals surface area contributed by atoms with Gasteiger partial charge in [-0.1, -0.05) is 6.07 Å². The van der Waals surface area contributed by atoms with Crippen molar-refractivity contribution in [2.75, 3.05) is 28.4 Å². The van der Waals surface area contributed by atoms with Crippen molar-refractivity contribution in [1.29, 1.82) is 0 Å². The number of carbonyl (C=O) groups is 1. The molecule has 0 spiro atoms. The molecule has 0 aliphatic carbocycles. The van der Waals surface area contributed by atoms with E-state index in [-0.39, 0.29) is 5.91 Å². The summed E-state index contributed by atoms with van der Waals surface area (Å²) in [7, 11) is 6.13. The number of carbonyl (C=O) groups excluding carboxylic acids is 1. The van der Waals surface area contributed by atoms with Gasteiger partial charge in [0.25, 0.3) is 5.91 Å². The van der Waals surface area contributed by atoms with E-state index in [0.29, 0.717) is 34.1 Å². The summed E-state index contributed by atoms with van der Waals surface area (Å²) < 4.78 is 20.9. The minimum atomic E-state index is -0.345. The van der Waals surface area contributed by atoms with E-state index < -0.39 is 0 Å². The number of methoxy groups -OCH3 is 4. The summed E-state index contributed by atoms with van der Waals surface area (Å²) in [6.07, 6.45) is 1.49. The summed E-state index contributed by atoms with van der Waals surface area (Å²) in [5.41, 5.74) is 3.59. The first kappa shape index (κ1) is 18.1. The van der Waals surface area contributed by atoms with E-state index in [2.05, 4.69) is 10.5 Å². The predicted octanol–water partition coefficient (Wildman–Crippen LogP) is 2.48. The predicted molar refractivity (Wildman–Crippen MR) is 94.2 cm³/mol. The largest absolute Gasteiger partial charge is 0.497 e. The Bertz CT molecular complexity index is 749. The maximum atomic E-state index is 12.1. The first-order valence-electron chi connectivity index (χ1n) is 7.40. The molecule has 2 aromatic rings. The van der Waals surface area contributed by atoms with Crippen molar-refractivity contribution in [3.63, 3.8) is 0 Å². The standard InChI is InChI=1S/C18H20N2O5/c1-22-14-7-5-6-13(10-14)18(21)20-19-11-12-8-15(23-2)17(25-4)16(9-12)24-3/h5-11H,1-4H3,(H,20,21). The average Bonchev–Trinajstić information content (AvgIpc) is 2.66. The molecule has 2 rings (SSSR count). The number of rotatable bonds is 7. The van der Waals surface area contributed by atoms with Gasteiger partial charge in [0.2, 0.25) is 5.75 Å². The fourth-order valence-electron chi connectivity index (χ4n) is 2.17. The number of nitrogens with zero attached hydrogens (tertiary/aromatic N) is 1. The van der Waals surface area contributed by atoms with Crippen LogP contribution in [0, 0.1) is 0 Å². The first-order chi connectivity index (χ1) is 12.1. The topological polar surface area (TPSA) is 78.4 Å². The Kier molecular flexibility index (Phi) is 6.22. The van der Waals surface area contributed by atoms with E-state index in [1.807, 2.05) is 0 Å². The molecule has 0 unspecified atom stereocenters. The summed E-state index contributed by atoms with van der Waals surface area (Å²) in [6, 6.07) is 10.2. The van der Waals surface area contributed by atoms with Crippen LogP contribution in [0.2, 0.25) is 0 Å². The van der Waals surface area contributed by atoms with Crippen LogP contribution in [0.3, 0.4) is 0 Å². The average molecular weight is 344 g/mol. The molecule has 0 atom stereocenters. The third-order valence-corrected chi connectivity index (χ3v) is 3.40. The Balaban J connectivity index is 2.14. The van der Waals surface area contributed by atoms with Gasteiger partial charge in [0.1, 0.15) is 5.75 Å². The smallest absolute Gasteiger partial charge is 0.271 e. The van der Waals surface area contributed by atoms with Crippen molar-refractivity contribution in [3.05, 3.63) is 47.5 Å². The van der Waals surface area contributed by atoms with Gasteiger partial charge in [-0.2, -0.15) is 5.10 Å². The molecule has 1 N–H and O–H groups in total. The van der Waals surface area contributed by atoms with Gasteiger partial charge in [0.15, 0.2) is 11.5 Å². The number of benzene rings is 2. The van der Waals surface area contributed by atoms with Gasteiger partial charge in [0, 0.05) is 11.1 Å². The van der Waals surface area contributed by atoms with Crippen LogP contribution in [-0.2, 0) is 0 Å². The molecule has 7 heteroatoms. The molecule has 0 radical (unpaired) electrons. The highest BCUT2D eigenvalue weighted by Gasteiger charge is 2.12. The highest BCUT2D eigenvalue weighted by molar-refractivity contribution is 5.95. The molecular weight excluding hydrogens is 324 g/mol. The molecule has 0 saturated carbocycles. The van der Waals surface area contributed by atoms with E-state index in [4.69, 9.17) is 18.9 Å². The lowest BCUT2D eigenvalue weighted by Gasteiger charge is -2.12. The van der Waals surface area contributed by atoms with Gasteiger partial charge in [-0.15, -0.1) is 0 Å². The Morgan fingerprint density at radius 3 is 2.20 bits per heavy atom. The van der Waals surface area contributed by atoms with Crippen LogP contribution in [0.5, 0.6) is 23.0 Å². The lowest BCUT2D eigenvalue weighted by Crippen LogP contribution is -2.17. The second-order valence-electron chi connectivity index (χ2n) is 4.89. The number of ether oxygens (including phenoxy) is 4. The van der Waals surface area contributed by atoms with Crippen molar-refractivity contribution >= 4 is 12.1 Å². The maximum Gasteiger partial charge on any atom is 0.271 e. The van der Waals surface area contributed by atoms with E-state index in [1.165, 1.54) is 27.5 Å². The van der Waals surface area contributed by atoms with Gasteiger partial charge in [-0.25, -0.2) is 5.43 Å². The molecule has 0 aliphatic rings. The monoisotopic (exact) mass is 344 g/mol. The van der Waals surface area contributed by atoms with Gasteiger partial charge in [0.05, 0.1) is 34.7 Å². The summed E-state index contributed by atoms with van der Waals surface area (Å²) in [6.45, 7) is 0. The molecule has 0 heterocycles. The minimum absolute atomic E-state index is 0.345. The van der Waals surface area contributed by atoms with Gasteiger partial charge < -0.3 is 18.9 Å². The Hall–Kier alpha value is -3.22. The van der Waals surface area contributed by atoms with E-state index >= 15 is 0 Å². The quantitative estimate of drug-likeness (QED) is 0.617. The van der Waals surface area contributed by atoms with Crippen molar-refractivity contribution in [1.82, 2.24) is 5.43 Å². The zero-order chi connectivity index (χ0) is 18.2. The molecule has 0 aromatic heterocycles. The first-order valence-corrected chi connectivity index (χ1v) is 7.40. The van der Waals surface area contributed by atoms with Crippen LogP contribution in [0.1, 0.15) is 15.9 Å². The lowest BCUT2D eigenvalue weighted by atomic mass is 10.2. The number of hydrogen-bond acceptors (Lipinski definition) is 6.